The Hall–Kier alpha value is 0.300. The maximum atomic E-state index is 12.3. The number of alkyl halides is 1. The predicted octanol–water partition coefficient (Wildman–Crippen LogP) is 2.52. The summed E-state index contributed by atoms with van der Waals surface area (Å²) in [5.74, 6) is 2.95. The largest absolute Gasteiger partial charge is 0.339 e. The van der Waals surface area contributed by atoms with E-state index in [0.717, 1.165) is 24.0 Å². The molecule has 2 nitrogen and oxygen atoms in total. The molecule has 0 bridgehead atoms. The average Bonchev–Trinajstić information content (AvgIpc) is 2.81. The van der Waals surface area contributed by atoms with Gasteiger partial charge in [0.1, 0.15) is 0 Å². The molecule has 2 saturated heterocycles. The van der Waals surface area contributed by atoms with Gasteiger partial charge in [-0.25, -0.2) is 0 Å². The van der Waals surface area contributed by atoms with E-state index in [1.54, 1.807) is 0 Å². The van der Waals surface area contributed by atoms with Crippen molar-refractivity contribution in [3.8, 4) is 0 Å². The summed E-state index contributed by atoms with van der Waals surface area (Å²) < 4.78 is 0. The molecule has 0 aliphatic carbocycles. The molecule has 86 valence electrons. The molecule has 2 aliphatic rings. The lowest BCUT2D eigenvalue weighted by Gasteiger charge is -2.36. The second kappa shape index (κ2) is 5.58. The van der Waals surface area contributed by atoms with Crippen molar-refractivity contribution in [3.05, 3.63) is 0 Å². The van der Waals surface area contributed by atoms with E-state index in [0.29, 0.717) is 17.9 Å². The van der Waals surface area contributed by atoms with E-state index in [9.17, 15) is 4.79 Å². The number of carbonyl (C=O) groups is 1. The molecule has 1 amide bonds. The molecular formula is C11H18BrNOS. The summed E-state index contributed by atoms with van der Waals surface area (Å²) >= 11 is 5.45. The third-order valence-corrected chi connectivity index (χ3v) is 5.28. The van der Waals surface area contributed by atoms with Crippen molar-refractivity contribution in [2.24, 2.45) is 5.92 Å². The van der Waals surface area contributed by atoms with Gasteiger partial charge in [-0.2, -0.15) is 11.8 Å². The Labute approximate surface area is 104 Å². The van der Waals surface area contributed by atoms with Gasteiger partial charge >= 0.3 is 0 Å². The summed E-state index contributed by atoms with van der Waals surface area (Å²) in [6.45, 7) is 0.982. The number of hydrogen-bond donors (Lipinski definition) is 0. The zero-order valence-electron chi connectivity index (χ0n) is 8.95. The van der Waals surface area contributed by atoms with Gasteiger partial charge in [-0.05, 0) is 31.4 Å². The number of carbonyl (C=O) groups excluding carboxylic acids is 1. The van der Waals surface area contributed by atoms with Crippen LogP contribution in [0.4, 0.5) is 0 Å². The number of likely N-dealkylation sites (tertiary alicyclic amines) is 1. The summed E-state index contributed by atoms with van der Waals surface area (Å²) in [6.07, 6.45) is 4.74. The Morgan fingerprint density at radius 1 is 1.40 bits per heavy atom. The molecule has 4 heteroatoms. The van der Waals surface area contributed by atoms with Crippen LogP contribution >= 0.6 is 27.7 Å². The first-order chi connectivity index (χ1) is 7.33. The van der Waals surface area contributed by atoms with E-state index >= 15 is 0 Å². The van der Waals surface area contributed by atoms with Crippen molar-refractivity contribution in [2.75, 3.05) is 23.4 Å². The summed E-state index contributed by atoms with van der Waals surface area (Å²) in [5, 5.41) is 0.943. The van der Waals surface area contributed by atoms with Gasteiger partial charge in [0.2, 0.25) is 5.91 Å². The van der Waals surface area contributed by atoms with Gasteiger partial charge in [0.05, 0.1) is 0 Å². The maximum absolute atomic E-state index is 12.3. The van der Waals surface area contributed by atoms with E-state index in [-0.39, 0.29) is 0 Å². The minimum absolute atomic E-state index is 0.314. The van der Waals surface area contributed by atoms with Crippen molar-refractivity contribution in [1.29, 1.82) is 0 Å². The molecule has 15 heavy (non-hydrogen) atoms. The van der Waals surface area contributed by atoms with E-state index < -0.39 is 0 Å². The van der Waals surface area contributed by atoms with Crippen molar-refractivity contribution in [2.45, 2.75) is 31.7 Å². The Morgan fingerprint density at radius 3 is 2.93 bits per heavy atom. The first-order valence-electron chi connectivity index (χ1n) is 5.77. The SMILES string of the molecule is O=C(C1CCSC1)N1CCCCC1CBr. The minimum atomic E-state index is 0.314. The van der Waals surface area contributed by atoms with Gasteiger partial charge in [-0.15, -0.1) is 0 Å². The zero-order chi connectivity index (χ0) is 10.7. The van der Waals surface area contributed by atoms with Crippen molar-refractivity contribution in [1.82, 2.24) is 4.90 Å². The van der Waals surface area contributed by atoms with Crippen molar-refractivity contribution >= 4 is 33.6 Å². The molecule has 2 rings (SSSR count). The van der Waals surface area contributed by atoms with Crippen LogP contribution in [0.25, 0.3) is 0 Å². The number of hydrogen-bond acceptors (Lipinski definition) is 2. The smallest absolute Gasteiger partial charge is 0.226 e. The molecule has 2 heterocycles. The highest BCUT2D eigenvalue weighted by atomic mass is 79.9. The molecule has 0 spiro atoms. The van der Waals surface area contributed by atoms with Gasteiger partial charge in [-0.1, -0.05) is 15.9 Å². The fourth-order valence-electron chi connectivity index (χ4n) is 2.41. The van der Waals surface area contributed by atoms with Crippen molar-refractivity contribution in [3.63, 3.8) is 0 Å². The van der Waals surface area contributed by atoms with Crippen LogP contribution in [0.5, 0.6) is 0 Å². The van der Waals surface area contributed by atoms with Crippen LogP contribution in [-0.4, -0.2) is 40.2 Å². The summed E-state index contributed by atoms with van der Waals surface area (Å²) in [5.41, 5.74) is 0. The standard InChI is InChI=1S/C11H18BrNOS/c12-7-10-3-1-2-5-13(10)11(14)9-4-6-15-8-9/h9-10H,1-8H2. The van der Waals surface area contributed by atoms with E-state index in [1.165, 1.54) is 25.0 Å². The monoisotopic (exact) mass is 291 g/mol. The van der Waals surface area contributed by atoms with E-state index in [2.05, 4.69) is 20.8 Å². The quantitative estimate of drug-likeness (QED) is 0.729. The molecule has 0 aromatic rings. The van der Waals surface area contributed by atoms with Crippen LogP contribution in [0.3, 0.4) is 0 Å². The van der Waals surface area contributed by atoms with Gasteiger partial charge < -0.3 is 4.90 Å². The fourth-order valence-corrected chi connectivity index (χ4v) is 4.30. The number of amides is 1. The van der Waals surface area contributed by atoms with Crippen molar-refractivity contribution < 1.29 is 4.79 Å². The first kappa shape index (κ1) is 11.8. The normalized spacial score (nSPS) is 31.9. The topological polar surface area (TPSA) is 20.3 Å². The lowest BCUT2D eigenvalue weighted by Crippen LogP contribution is -2.47. The Balaban J connectivity index is 1.96. The Morgan fingerprint density at radius 2 is 2.27 bits per heavy atom. The summed E-state index contributed by atoms with van der Waals surface area (Å²) in [4.78, 5) is 14.4. The highest BCUT2D eigenvalue weighted by molar-refractivity contribution is 9.09. The molecular weight excluding hydrogens is 274 g/mol. The van der Waals surface area contributed by atoms with Crippen LogP contribution in [-0.2, 0) is 4.79 Å². The molecule has 0 N–H and O–H groups in total. The van der Waals surface area contributed by atoms with E-state index in [4.69, 9.17) is 0 Å². The molecule has 0 radical (unpaired) electrons. The number of rotatable bonds is 2. The number of halogens is 1. The third kappa shape index (κ3) is 2.70. The lowest BCUT2D eigenvalue weighted by molar-refractivity contribution is -0.137. The predicted molar refractivity (Wildman–Crippen MR) is 68.6 cm³/mol. The van der Waals surface area contributed by atoms with Gasteiger partial charge in [0.15, 0.2) is 0 Å². The zero-order valence-corrected chi connectivity index (χ0v) is 11.4. The molecule has 2 fully saturated rings. The van der Waals surface area contributed by atoms with E-state index in [1.807, 2.05) is 11.8 Å². The van der Waals surface area contributed by atoms with Crippen LogP contribution in [0.1, 0.15) is 25.7 Å². The summed E-state index contributed by atoms with van der Waals surface area (Å²) in [6, 6.07) is 0.455. The first-order valence-corrected chi connectivity index (χ1v) is 8.04. The van der Waals surface area contributed by atoms with Gasteiger partial charge in [0, 0.05) is 29.6 Å². The molecule has 0 aromatic carbocycles. The second-order valence-electron chi connectivity index (χ2n) is 4.40. The highest BCUT2D eigenvalue weighted by Gasteiger charge is 2.32. The lowest BCUT2D eigenvalue weighted by atomic mass is 10.00. The number of piperidine rings is 1. The number of nitrogens with zero attached hydrogens (tertiary/aromatic N) is 1. The summed E-state index contributed by atoms with van der Waals surface area (Å²) in [7, 11) is 0. The van der Waals surface area contributed by atoms with Crippen LogP contribution < -0.4 is 0 Å². The highest BCUT2D eigenvalue weighted by Crippen LogP contribution is 2.28. The number of thioether (sulfide) groups is 1. The average molecular weight is 292 g/mol. The molecule has 2 atom stereocenters. The molecule has 2 unspecified atom stereocenters. The molecule has 0 saturated carbocycles. The van der Waals surface area contributed by atoms with Gasteiger partial charge in [0.25, 0.3) is 0 Å². The maximum Gasteiger partial charge on any atom is 0.226 e. The Kier molecular flexibility index (Phi) is 4.38. The molecule has 2 aliphatic heterocycles. The fraction of sp³-hybridized carbons (Fsp3) is 0.909. The van der Waals surface area contributed by atoms with Gasteiger partial charge in [-0.3, -0.25) is 4.79 Å². The second-order valence-corrected chi connectivity index (χ2v) is 6.19. The van der Waals surface area contributed by atoms with Crippen LogP contribution in [0.15, 0.2) is 0 Å². The van der Waals surface area contributed by atoms with Crippen LogP contribution in [0.2, 0.25) is 0 Å². The third-order valence-electron chi connectivity index (χ3n) is 3.37. The Bertz CT molecular complexity index is 231. The minimum Gasteiger partial charge on any atom is -0.339 e. The molecule has 0 aromatic heterocycles. The van der Waals surface area contributed by atoms with Crippen LogP contribution in [0, 0.1) is 5.92 Å².